The number of carbonyl (C=O) groups excluding carboxylic acids is 1. The molecule has 0 saturated carbocycles. The second-order valence-electron chi connectivity index (χ2n) is 8.03. The molecule has 7 heteroatoms. The molecule has 7 nitrogen and oxygen atoms in total. The van der Waals surface area contributed by atoms with Crippen LogP contribution in [-0.4, -0.2) is 56.1 Å². The summed E-state index contributed by atoms with van der Waals surface area (Å²) in [5.41, 5.74) is 4.94. The van der Waals surface area contributed by atoms with Gasteiger partial charge in [-0.05, 0) is 56.7 Å². The van der Waals surface area contributed by atoms with Crippen LogP contribution < -0.4 is 19.9 Å². The molecule has 2 aromatic carbocycles. The molecule has 160 valence electrons. The minimum absolute atomic E-state index is 0.0133. The third-order valence-electron chi connectivity index (χ3n) is 5.50. The number of fused-ring (bicyclic) bond motifs is 1. The monoisotopic (exact) mass is 411 g/mol. The topological polar surface area (TPSA) is 74.3 Å². The molecule has 2 N–H and O–H groups in total. The van der Waals surface area contributed by atoms with Crippen LogP contribution in [0.3, 0.4) is 0 Å². The second kappa shape index (κ2) is 8.53. The Hall–Kier alpha value is -2.77. The van der Waals surface area contributed by atoms with E-state index in [1.54, 1.807) is 4.90 Å². The molecule has 1 amide bonds. The number of rotatable bonds is 5. The fraction of sp³-hybridized carbons (Fsp3) is 0.435. The van der Waals surface area contributed by atoms with Crippen molar-refractivity contribution < 1.29 is 19.4 Å². The van der Waals surface area contributed by atoms with Gasteiger partial charge in [-0.25, -0.2) is 0 Å². The summed E-state index contributed by atoms with van der Waals surface area (Å²) in [5.74, 6) is 0.494. The largest absolute Gasteiger partial charge is 0.481 e. The van der Waals surface area contributed by atoms with Crippen molar-refractivity contribution in [3.05, 3.63) is 42.0 Å². The Labute approximate surface area is 177 Å². The molecule has 0 bridgehead atoms. The molecule has 2 heterocycles. The van der Waals surface area contributed by atoms with Crippen LogP contribution >= 0.6 is 0 Å². The summed E-state index contributed by atoms with van der Waals surface area (Å²) in [6, 6.07) is 12.1. The van der Waals surface area contributed by atoms with Gasteiger partial charge in [0, 0.05) is 42.8 Å². The number of β-amino-alcohol motifs (C(OH)–C–C–N with tert-alkyl or cyclic N) is 1. The molecule has 2 aliphatic heterocycles. The van der Waals surface area contributed by atoms with Crippen molar-refractivity contribution in [2.75, 3.05) is 48.0 Å². The molecule has 30 heavy (non-hydrogen) atoms. The summed E-state index contributed by atoms with van der Waals surface area (Å²) in [4.78, 5) is 16.0. The number of morpholine rings is 1. The average molecular weight is 412 g/mol. The van der Waals surface area contributed by atoms with Gasteiger partial charge in [0.15, 0.2) is 6.61 Å². The van der Waals surface area contributed by atoms with Gasteiger partial charge in [-0.3, -0.25) is 4.79 Å². The van der Waals surface area contributed by atoms with E-state index < -0.39 is 0 Å². The summed E-state index contributed by atoms with van der Waals surface area (Å²) in [6.45, 7) is 8.26. The van der Waals surface area contributed by atoms with Gasteiger partial charge in [0.25, 0.3) is 5.91 Å². The standard InChI is InChI=1S/C23H29N3O4/c1-15-10-19(25-12-16(2)30-17(3)13-25)5-6-20(15)24-18-4-7-21-22(11-18)29-14-23(28)26(21)8-9-27/h4-7,10-11,16-17,24,27H,8-9,12-14H2,1-3H3. The third-order valence-corrected chi connectivity index (χ3v) is 5.50. The molecule has 0 aliphatic carbocycles. The molecule has 2 aromatic rings. The van der Waals surface area contributed by atoms with Gasteiger partial charge in [0.1, 0.15) is 5.75 Å². The highest BCUT2D eigenvalue weighted by Gasteiger charge is 2.25. The Morgan fingerprint density at radius 2 is 1.90 bits per heavy atom. The lowest BCUT2D eigenvalue weighted by molar-refractivity contribution is -0.121. The molecule has 0 radical (unpaired) electrons. The highest BCUT2D eigenvalue weighted by atomic mass is 16.5. The number of aryl methyl sites for hydroxylation is 1. The molecular weight excluding hydrogens is 382 g/mol. The number of nitrogens with one attached hydrogen (secondary N) is 1. The first-order valence-corrected chi connectivity index (χ1v) is 10.4. The highest BCUT2D eigenvalue weighted by Crippen LogP contribution is 2.36. The number of carbonyl (C=O) groups is 1. The van der Waals surface area contributed by atoms with Crippen molar-refractivity contribution in [1.29, 1.82) is 0 Å². The van der Waals surface area contributed by atoms with E-state index in [0.717, 1.165) is 30.0 Å². The van der Waals surface area contributed by atoms with Crippen LogP contribution in [0.2, 0.25) is 0 Å². The number of benzene rings is 2. The predicted octanol–water partition coefficient (Wildman–Crippen LogP) is 3.07. The Kier molecular flexibility index (Phi) is 5.83. The van der Waals surface area contributed by atoms with Crippen molar-refractivity contribution in [2.45, 2.75) is 33.0 Å². The summed E-state index contributed by atoms with van der Waals surface area (Å²) in [6.07, 6.45) is 0.444. The molecule has 1 saturated heterocycles. The zero-order valence-electron chi connectivity index (χ0n) is 17.7. The normalized spacial score (nSPS) is 21.3. The maximum Gasteiger partial charge on any atom is 0.265 e. The summed E-state index contributed by atoms with van der Waals surface area (Å²) in [7, 11) is 0. The lowest BCUT2D eigenvalue weighted by Gasteiger charge is -2.37. The number of hydrogen-bond donors (Lipinski definition) is 2. The number of aliphatic hydroxyl groups excluding tert-OH is 1. The molecule has 2 unspecified atom stereocenters. The zero-order valence-corrected chi connectivity index (χ0v) is 17.7. The predicted molar refractivity (Wildman–Crippen MR) is 118 cm³/mol. The van der Waals surface area contributed by atoms with Crippen LogP contribution in [0.5, 0.6) is 5.75 Å². The number of ether oxygens (including phenoxy) is 2. The first-order valence-electron chi connectivity index (χ1n) is 10.4. The summed E-state index contributed by atoms with van der Waals surface area (Å²) >= 11 is 0. The van der Waals surface area contributed by atoms with Gasteiger partial charge in [-0.1, -0.05) is 0 Å². The van der Waals surface area contributed by atoms with Gasteiger partial charge in [0.05, 0.1) is 24.5 Å². The van der Waals surface area contributed by atoms with Crippen LogP contribution in [0.25, 0.3) is 0 Å². The first kappa shape index (κ1) is 20.5. The molecular formula is C23H29N3O4. The molecule has 2 atom stereocenters. The van der Waals surface area contributed by atoms with E-state index in [4.69, 9.17) is 9.47 Å². The van der Waals surface area contributed by atoms with E-state index >= 15 is 0 Å². The highest BCUT2D eigenvalue weighted by molar-refractivity contribution is 5.98. The van der Waals surface area contributed by atoms with Crippen molar-refractivity contribution in [1.82, 2.24) is 0 Å². The zero-order chi connectivity index (χ0) is 21.3. The van der Waals surface area contributed by atoms with Crippen molar-refractivity contribution in [2.24, 2.45) is 0 Å². The maximum absolute atomic E-state index is 12.0. The minimum Gasteiger partial charge on any atom is -0.481 e. The SMILES string of the molecule is Cc1cc(N2CC(C)OC(C)C2)ccc1Nc1ccc2c(c1)OCC(=O)N2CCO. The Morgan fingerprint density at radius 1 is 1.13 bits per heavy atom. The van der Waals surface area contributed by atoms with E-state index in [0.29, 0.717) is 11.4 Å². The lowest BCUT2D eigenvalue weighted by atomic mass is 10.1. The fourth-order valence-electron chi connectivity index (χ4n) is 4.16. The summed E-state index contributed by atoms with van der Waals surface area (Å²) in [5, 5.41) is 12.7. The number of aliphatic hydroxyl groups is 1. The van der Waals surface area contributed by atoms with Gasteiger partial charge in [0.2, 0.25) is 0 Å². The molecule has 4 rings (SSSR count). The lowest BCUT2D eigenvalue weighted by Crippen LogP contribution is -2.45. The Morgan fingerprint density at radius 3 is 2.60 bits per heavy atom. The molecule has 1 fully saturated rings. The Balaban J connectivity index is 1.51. The van der Waals surface area contributed by atoms with Gasteiger partial charge in [-0.2, -0.15) is 0 Å². The molecule has 2 aliphatic rings. The first-order chi connectivity index (χ1) is 14.4. The van der Waals surface area contributed by atoms with E-state index in [2.05, 4.69) is 49.2 Å². The minimum atomic E-state index is -0.143. The van der Waals surface area contributed by atoms with E-state index in [-0.39, 0.29) is 37.9 Å². The smallest absolute Gasteiger partial charge is 0.265 e. The van der Waals surface area contributed by atoms with Crippen molar-refractivity contribution >= 4 is 28.7 Å². The van der Waals surface area contributed by atoms with Crippen LogP contribution in [0, 0.1) is 6.92 Å². The van der Waals surface area contributed by atoms with Crippen LogP contribution in [0.4, 0.5) is 22.7 Å². The van der Waals surface area contributed by atoms with Crippen LogP contribution in [0.15, 0.2) is 36.4 Å². The number of nitrogens with zero attached hydrogens (tertiary/aromatic N) is 2. The second-order valence-corrected chi connectivity index (χ2v) is 8.03. The van der Waals surface area contributed by atoms with Gasteiger partial charge >= 0.3 is 0 Å². The average Bonchev–Trinajstić information content (AvgIpc) is 2.71. The molecule has 0 spiro atoms. The van der Waals surface area contributed by atoms with Crippen molar-refractivity contribution in [3.63, 3.8) is 0 Å². The van der Waals surface area contributed by atoms with Crippen LogP contribution in [-0.2, 0) is 9.53 Å². The maximum atomic E-state index is 12.0. The third kappa shape index (κ3) is 4.22. The van der Waals surface area contributed by atoms with Crippen molar-refractivity contribution in [3.8, 4) is 5.75 Å². The number of amides is 1. The van der Waals surface area contributed by atoms with Gasteiger partial charge in [-0.15, -0.1) is 0 Å². The molecule has 0 aromatic heterocycles. The van der Waals surface area contributed by atoms with E-state index in [1.807, 2.05) is 18.2 Å². The van der Waals surface area contributed by atoms with Gasteiger partial charge < -0.3 is 29.7 Å². The summed E-state index contributed by atoms with van der Waals surface area (Å²) < 4.78 is 11.4. The van der Waals surface area contributed by atoms with Crippen LogP contribution in [0.1, 0.15) is 19.4 Å². The van der Waals surface area contributed by atoms with E-state index in [9.17, 15) is 9.90 Å². The fourth-order valence-corrected chi connectivity index (χ4v) is 4.16. The Bertz CT molecular complexity index is 923. The number of hydrogen-bond acceptors (Lipinski definition) is 6. The quantitative estimate of drug-likeness (QED) is 0.788. The van der Waals surface area contributed by atoms with E-state index in [1.165, 1.54) is 5.69 Å². The number of anilines is 4.